The molecule has 0 radical (unpaired) electrons. The molecule has 0 spiro atoms. The third-order valence-corrected chi connectivity index (χ3v) is 6.64. The lowest BCUT2D eigenvalue weighted by Crippen LogP contribution is -2.44. The van der Waals surface area contributed by atoms with Crippen LogP contribution >= 0.6 is 11.6 Å². The van der Waals surface area contributed by atoms with Crippen LogP contribution in [0.2, 0.25) is 5.02 Å². The van der Waals surface area contributed by atoms with Crippen LogP contribution in [0.25, 0.3) is 0 Å². The topological polar surface area (TPSA) is 46.6 Å². The first kappa shape index (κ1) is 21.8. The van der Waals surface area contributed by atoms with Crippen molar-refractivity contribution >= 4 is 23.3 Å². The molecule has 1 saturated carbocycles. The largest absolute Gasteiger partial charge is 0.497 e. The molecule has 2 fully saturated rings. The zero-order chi connectivity index (χ0) is 22.0. The highest BCUT2D eigenvalue weighted by Gasteiger charge is 2.39. The number of ketones is 1. The minimum atomic E-state index is -0.318. The highest BCUT2D eigenvalue weighted by molar-refractivity contribution is 6.30. The maximum atomic E-state index is 14.9. The van der Waals surface area contributed by atoms with E-state index in [9.17, 15) is 14.0 Å². The van der Waals surface area contributed by atoms with E-state index in [4.69, 9.17) is 16.3 Å². The van der Waals surface area contributed by atoms with E-state index in [-0.39, 0.29) is 35.3 Å². The van der Waals surface area contributed by atoms with Crippen molar-refractivity contribution in [3.05, 3.63) is 64.4 Å². The molecule has 1 unspecified atom stereocenters. The van der Waals surface area contributed by atoms with Gasteiger partial charge in [-0.25, -0.2) is 4.39 Å². The van der Waals surface area contributed by atoms with E-state index in [1.54, 1.807) is 24.3 Å². The molecule has 0 aromatic heterocycles. The fourth-order valence-electron chi connectivity index (χ4n) is 4.57. The molecule has 1 saturated heterocycles. The SMILES string of the molecule is COc1ccc(C2CCN(C(=O)C3CC3)C[C@H]2CC(=O)Cc2ccc(Cl)cc2)c(F)c1. The van der Waals surface area contributed by atoms with Crippen LogP contribution in [0.4, 0.5) is 4.39 Å². The maximum Gasteiger partial charge on any atom is 0.225 e. The van der Waals surface area contributed by atoms with Gasteiger partial charge in [-0.1, -0.05) is 29.8 Å². The van der Waals surface area contributed by atoms with E-state index in [1.165, 1.54) is 13.2 Å². The zero-order valence-corrected chi connectivity index (χ0v) is 18.4. The number of rotatable bonds is 7. The Hall–Kier alpha value is -2.40. The lowest BCUT2D eigenvalue weighted by atomic mass is 9.77. The Labute approximate surface area is 187 Å². The van der Waals surface area contributed by atoms with Crippen molar-refractivity contribution in [3.8, 4) is 5.75 Å². The van der Waals surface area contributed by atoms with Crippen molar-refractivity contribution in [1.82, 2.24) is 4.90 Å². The summed E-state index contributed by atoms with van der Waals surface area (Å²) in [5.41, 5.74) is 1.51. The number of halogens is 2. The van der Waals surface area contributed by atoms with Gasteiger partial charge in [0.25, 0.3) is 0 Å². The number of likely N-dealkylation sites (tertiary alicyclic amines) is 1. The number of methoxy groups -OCH3 is 1. The first-order chi connectivity index (χ1) is 14.9. The van der Waals surface area contributed by atoms with Gasteiger partial charge in [0, 0.05) is 42.9 Å². The normalized spacial score (nSPS) is 21.1. The third kappa shape index (κ3) is 5.27. The van der Waals surface area contributed by atoms with Crippen molar-refractivity contribution in [1.29, 1.82) is 0 Å². The Morgan fingerprint density at radius 3 is 2.52 bits per heavy atom. The van der Waals surface area contributed by atoms with Crippen molar-refractivity contribution < 1.29 is 18.7 Å². The number of Topliss-reactive ketones (excluding diaryl/α,β-unsaturated/α-hetero) is 1. The molecular weight excluding hydrogens is 417 g/mol. The van der Waals surface area contributed by atoms with Crippen LogP contribution in [-0.2, 0) is 16.0 Å². The molecule has 4 rings (SSSR count). The Kier molecular flexibility index (Phi) is 6.61. The second-order valence-corrected chi connectivity index (χ2v) is 9.08. The number of ether oxygens (including phenoxy) is 1. The molecule has 1 heterocycles. The van der Waals surface area contributed by atoms with Crippen LogP contribution in [-0.4, -0.2) is 36.8 Å². The van der Waals surface area contributed by atoms with Gasteiger partial charge in [0.05, 0.1) is 7.11 Å². The Balaban J connectivity index is 1.52. The van der Waals surface area contributed by atoms with E-state index in [2.05, 4.69) is 0 Å². The molecule has 164 valence electrons. The van der Waals surface area contributed by atoms with E-state index in [1.807, 2.05) is 17.0 Å². The number of amides is 1. The molecule has 0 bridgehead atoms. The molecule has 2 aliphatic rings. The molecule has 2 atom stereocenters. The summed E-state index contributed by atoms with van der Waals surface area (Å²) in [6, 6.07) is 12.2. The molecule has 6 heteroatoms. The lowest BCUT2D eigenvalue weighted by molar-refractivity contribution is -0.135. The van der Waals surface area contributed by atoms with E-state index < -0.39 is 0 Å². The first-order valence-corrected chi connectivity index (χ1v) is 11.2. The summed E-state index contributed by atoms with van der Waals surface area (Å²) < 4.78 is 20.0. The predicted molar refractivity (Wildman–Crippen MR) is 118 cm³/mol. The van der Waals surface area contributed by atoms with Crippen molar-refractivity contribution in [2.75, 3.05) is 20.2 Å². The van der Waals surface area contributed by atoms with Crippen LogP contribution in [0.1, 0.15) is 42.7 Å². The van der Waals surface area contributed by atoms with Gasteiger partial charge in [-0.2, -0.15) is 0 Å². The smallest absolute Gasteiger partial charge is 0.225 e. The van der Waals surface area contributed by atoms with Crippen molar-refractivity contribution in [3.63, 3.8) is 0 Å². The van der Waals surface area contributed by atoms with Crippen LogP contribution in [0, 0.1) is 17.7 Å². The quantitative estimate of drug-likeness (QED) is 0.602. The highest BCUT2D eigenvalue weighted by Crippen LogP contribution is 2.40. The van der Waals surface area contributed by atoms with Gasteiger partial charge in [-0.15, -0.1) is 0 Å². The van der Waals surface area contributed by atoms with Crippen LogP contribution in [0.15, 0.2) is 42.5 Å². The van der Waals surface area contributed by atoms with E-state index in [0.717, 1.165) is 18.4 Å². The zero-order valence-electron chi connectivity index (χ0n) is 17.7. The van der Waals surface area contributed by atoms with Gasteiger partial charge in [0.2, 0.25) is 5.91 Å². The molecule has 2 aromatic rings. The van der Waals surface area contributed by atoms with Crippen LogP contribution in [0.3, 0.4) is 0 Å². The average molecular weight is 444 g/mol. The number of nitrogens with zero attached hydrogens (tertiary/aromatic N) is 1. The maximum absolute atomic E-state index is 14.9. The second-order valence-electron chi connectivity index (χ2n) is 8.65. The van der Waals surface area contributed by atoms with Gasteiger partial charge in [-0.3, -0.25) is 9.59 Å². The molecule has 1 aliphatic carbocycles. The standard InChI is InChI=1S/C25H27ClFNO3/c1-31-21-8-9-23(24(27)14-21)22-10-11-28(25(30)17-4-5-17)15-18(22)13-20(29)12-16-2-6-19(26)7-3-16/h2-3,6-9,14,17-18,22H,4-5,10-13,15H2,1H3/t18-,22?/m1/s1. The fourth-order valence-corrected chi connectivity index (χ4v) is 4.69. The van der Waals surface area contributed by atoms with E-state index in [0.29, 0.717) is 48.7 Å². The molecule has 4 nitrogen and oxygen atoms in total. The Bertz CT molecular complexity index is 958. The minimum absolute atomic E-state index is 0.0898. The summed E-state index contributed by atoms with van der Waals surface area (Å²) in [6.45, 7) is 1.10. The van der Waals surface area contributed by atoms with Gasteiger partial charge < -0.3 is 9.64 Å². The molecule has 1 aliphatic heterocycles. The Morgan fingerprint density at radius 2 is 1.87 bits per heavy atom. The van der Waals surface area contributed by atoms with Gasteiger partial charge in [0.15, 0.2) is 0 Å². The number of hydrogen-bond donors (Lipinski definition) is 0. The number of carbonyl (C=O) groups excluding carboxylic acids is 2. The second kappa shape index (κ2) is 9.39. The number of carbonyl (C=O) groups is 2. The van der Waals surface area contributed by atoms with Crippen LogP contribution < -0.4 is 4.74 Å². The molecule has 31 heavy (non-hydrogen) atoms. The summed E-state index contributed by atoms with van der Waals surface area (Å²) in [6.07, 6.45) is 3.17. The first-order valence-electron chi connectivity index (χ1n) is 10.8. The van der Waals surface area contributed by atoms with Crippen LogP contribution in [0.5, 0.6) is 5.75 Å². The highest BCUT2D eigenvalue weighted by atomic mass is 35.5. The summed E-state index contributed by atoms with van der Waals surface area (Å²) >= 11 is 5.94. The summed E-state index contributed by atoms with van der Waals surface area (Å²) in [5.74, 6) is 0.345. The van der Waals surface area contributed by atoms with Gasteiger partial charge in [-0.05, 0) is 60.4 Å². The Morgan fingerprint density at radius 1 is 1.13 bits per heavy atom. The monoisotopic (exact) mass is 443 g/mol. The van der Waals surface area contributed by atoms with Crippen molar-refractivity contribution in [2.24, 2.45) is 11.8 Å². The number of piperidine rings is 1. The fraction of sp³-hybridized carbons (Fsp3) is 0.440. The van der Waals surface area contributed by atoms with Gasteiger partial charge >= 0.3 is 0 Å². The molecular formula is C25H27ClFNO3. The lowest BCUT2D eigenvalue weighted by Gasteiger charge is -2.39. The molecule has 0 N–H and O–H groups in total. The van der Waals surface area contributed by atoms with Crippen molar-refractivity contribution in [2.45, 2.75) is 38.0 Å². The average Bonchev–Trinajstić information content (AvgIpc) is 3.60. The summed E-state index contributed by atoms with van der Waals surface area (Å²) in [7, 11) is 1.51. The number of benzene rings is 2. The van der Waals surface area contributed by atoms with E-state index >= 15 is 0 Å². The third-order valence-electron chi connectivity index (χ3n) is 6.38. The molecule has 2 aromatic carbocycles. The molecule has 1 amide bonds. The summed E-state index contributed by atoms with van der Waals surface area (Å²) in [5, 5.41) is 0.632. The summed E-state index contributed by atoms with van der Waals surface area (Å²) in [4.78, 5) is 27.4. The predicted octanol–water partition coefficient (Wildman–Crippen LogP) is 5.03. The minimum Gasteiger partial charge on any atom is -0.497 e. The van der Waals surface area contributed by atoms with Gasteiger partial charge in [0.1, 0.15) is 17.3 Å². The number of hydrogen-bond acceptors (Lipinski definition) is 3.